The van der Waals surface area contributed by atoms with Gasteiger partial charge in [-0.25, -0.2) is 0 Å². The molecule has 148 valence electrons. The lowest BCUT2D eigenvalue weighted by Gasteiger charge is -2.19. The molecular formula is C21H19N3O5. The average Bonchev–Trinajstić information content (AvgIpc) is 2.71. The zero-order valence-electron chi connectivity index (χ0n) is 15.7. The molecule has 1 aromatic heterocycles. The number of Topliss-reactive ketones (excluding diaryl/α,β-unsaturated/α-hetero) is 2. The van der Waals surface area contributed by atoms with E-state index in [1.165, 1.54) is 0 Å². The number of ketones is 2. The summed E-state index contributed by atoms with van der Waals surface area (Å²) in [4.78, 5) is 40.3. The Bertz CT molecular complexity index is 1310. The summed E-state index contributed by atoms with van der Waals surface area (Å²) in [6, 6.07) is 6.71. The Labute approximate surface area is 164 Å². The van der Waals surface area contributed by atoms with E-state index in [4.69, 9.17) is 10.1 Å². The first-order valence-corrected chi connectivity index (χ1v) is 9.30. The van der Waals surface area contributed by atoms with Gasteiger partial charge in [0.25, 0.3) is 17.1 Å². The Kier molecular flexibility index (Phi) is 4.63. The number of aromatic hydroxyl groups is 1. The molecule has 29 heavy (non-hydrogen) atoms. The van der Waals surface area contributed by atoms with Gasteiger partial charge in [0.1, 0.15) is 5.71 Å². The molecule has 8 nitrogen and oxygen atoms in total. The number of fused-ring (bicyclic) bond motifs is 2. The van der Waals surface area contributed by atoms with Gasteiger partial charge in [0.2, 0.25) is 0 Å². The molecule has 4 N–H and O–H groups in total. The third-order valence-electron chi connectivity index (χ3n) is 5.03. The zero-order valence-corrected chi connectivity index (χ0v) is 15.7. The molecule has 0 aliphatic heterocycles. The van der Waals surface area contributed by atoms with Crippen molar-refractivity contribution < 1.29 is 19.4 Å². The number of aromatic nitrogens is 1. The van der Waals surface area contributed by atoms with E-state index in [0.29, 0.717) is 42.3 Å². The Hall–Kier alpha value is -3.52. The van der Waals surface area contributed by atoms with Gasteiger partial charge >= 0.3 is 0 Å². The molecule has 0 amide bonds. The first-order valence-electron chi connectivity index (χ1n) is 9.30. The molecule has 2 aromatic carbocycles. The number of carbonyl (C=O) groups is 2. The van der Waals surface area contributed by atoms with E-state index in [0.717, 1.165) is 0 Å². The van der Waals surface area contributed by atoms with E-state index in [2.05, 4.69) is 10.3 Å². The van der Waals surface area contributed by atoms with Gasteiger partial charge in [-0.1, -0.05) is 12.1 Å². The summed E-state index contributed by atoms with van der Waals surface area (Å²) < 4.78 is 5.28. The molecular weight excluding hydrogens is 374 g/mol. The van der Waals surface area contributed by atoms with Crippen LogP contribution in [0.4, 0.5) is 0 Å². The Morgan fingerprint density at radius 3 is 2.72 bits per heavy atom. The van der Waals surface area contributed by atoms with Gasteiger partial charge < -0.3 is 15.2 Å². The fourth-order valence-corrected chi connectivity index (χ4v) is 3.74. The Morgan fingerprint density at radius 1 is 1.17 bits per heavy atom. The molecule has 0 atom stereocenters. The summed E-state index contributed by atoms with van der Waals surface area (Å²) in [6.07, 6.45) is 0.598. The highest BCUT2D eigenvalue weighted by molar-refractivity contribution is 6.75. The highest BCUT2D eigenvalue weighted by Crippen LogP contribution is 2.29. The maximum absolute atomic E-state index is 12.8. The molecule has 0 bridgehead atoms. The second-order valence-corrected chi connectivity index (χ2v) is 6.77. The standard InChI is InChI=1S/C21H19N3O5/c1-2-29-8-4-7-23-17-14-12(16(22)18(25)19(17)26)9-10-5-3-6-11-13(10)15(14)21(28)24-20(11)27/h3,5-6,9,22-23H,2,4,7-8H2,1H3,(H2,24,27,28). The van der Waals surface area contributed by atoms with E-state index in [9.17, 15) is 19.5 Å². The minimum Gasteiger partial charge on any atom is -0.494 e. The highest BCUT2D eigenvalue weighted by atomic mass is 16.5. The molecule has 4 rings (SSSR count). The van der Waals surface area contributed by atoms with Gasteiger partial charge in [-0.2, -0.15) is 0 Å². The summed E-state index contributed by atoms with van der Waals surface area (Å²) >= 11 is 0. The van der Waals surface area contributed by atoms with Crippen LogP contribution in [0.1, 0.15) is 18.9 Å². The van der Waals surface area contributed by atoms with Crippen LogP contribution in [-0.2, 0) is 14.3 Å². The number of hydrogen-bond donors (Lipinski definition) is 4. The van der Waals surface area contributed by atoms with Crippen LogP contribution in [0.15, 0.2) is 29.1 Å². The number of aromatic amines is 1. The molecule has 1 heterocycles. The summed E-state index contributed by atoms with van der Waals surface area (Å²) in [5, 5.41) is 23.2. The van der Waals surface area contributed by atoms with Gasteiger partial charge in [0, 0.05) is 41.3 Å². The largest absolute Gasteiger partial charge is 0.494 e. The molecule has 0 spiro atoms. The number of benzene rings is 2. The minimum atomic E-state index is -0.918. The molecule has 0 saturated carbocycles. The lowest BCUT2D eigenvalue weighted by molar-refractivity contribution is -0.129. The molecule has 1 aliphatic carbocycles. The Morgan fingerprint density at radius 2 is 1.97 bits per heavy atom. The molecule has 0 saturated heterocycles. The average molecular weight is 393 g/mol. The van der Waals surface area contributed by atoms with E-state index < -0.39 is 22.8 Å². The van der Waals surface area contributed by atoms with E-state index >= 15 is 0 Å². The van der Waals surface area contributed by atoms with Crippen LogP contribution in [0.2, 0.25) is 0 Å². The minimum absolute atomic E-state index is 0.000686. The van der Waals surface area contributed by atoms with Crippen molar-refractivity contribution >= 4 is 44.5 Å². The summed E-state index contributed by atoms with van der Waals surface area (Å²) in [5.41, 5.74) is -0.814. The fourth-order valence-electron chi connectivity index (χ4n) is 3.74. The van der Waals surface area contributed by atoms with Crippen LogP contribution in [0.5, 0.6) is 5.88 Å². The van der Waals surface area contributed by atoms with Gasteiger partial charge in [-0.3, -0.25) is 24.8 Å². The van der Waals surface area contributed by atoms with Crippen LogP contribution in [-0.4, -0.2) is 47.1 Å². The molecule has 8 heteroatoms. The van der Waals surface area contributed by atoms with Gasteiger partial charge in [-0.05, 0) is 30.9 Å². The SMILES string of the molecule is CCOCCCNC1=c2c(cc3cccc4c(O)[nH]c(=O)c2c34)C(=N)C(=O)C1=O. The number of hydrogen-bond acceptors (Lipinski definition) is 7. The molecule has 3 aromatic rings. The summed E-state index contributed by atoms with van der Waals surface area (Å²) in [5.74, 6) is -2.04. The predicted octanol–water partition coefficient (Wildman–Crippen LogP) is 0.750. The molecule has 1 aliphatic rings. The number of carbonyl (C=O) groups excluding carboxylic acids is 2. The van der Waals surface area contributed by atoms with Crippen molar-refractivity contribution in [2.24, 2.45) is 0 Å². The van der Waals surface area contributed by atoms with Crippen LogP contribution in [0, 0.1) is 5.41 Å². The maximum atomic E-state index is 12.8. The third kappa shape index (κ3) is 2.89. The highest BCUT2D eigenvalue weighted by Gasteiger charge is 2.33. The first kappa shape index (κ1) is 18.8. The maximum Gasteiger partial charge on any atom is 0.259 e. The number of H-pyrrole nitrogens is 1. The van der Waals surface area contributed by atoms with Crippen LogP contribution in [0.25, 0.3) is 27.2 Å². The van der Waals surface area contributed by atoms with E-state index in [-0.39, 0.29) is 27.7 Å². The lowest BCUT2D eigenvalue weighted by atomic mass is 9.87. The quantitative estimate of drug-likeness (QED) is 0.361. The number of nitrogens with one attached hydrogen (secondary N) is 3. The topological polar surface area (TPSA) is 132 Å². The predicted molar refractivity (Wildman–Crippen MR) is 108 cm³/mol. The van der Waals surface area contributed by atoms with Crippen molar-refractivity contribution in [2.45, 2.75) is 13.3 Å². The number of pyridine rings is 1. The second kappa shape index (κ2) is 7.14. The lowest BCUT2D eigenvalue weighted by Crippen LogP contribution is -2.44. The smallest absolute Gasteiger partial charge is 0.259 e. The number of rotatable bonds is 6. The normalized spacial score (nSPS) is 14.1. The van der Waals surface area contributed by atoms with Gasteiger partial charge in [0.15, 0.2) is 5.88 Å². The van der Waals surface area contributed by atoms with E-state index in [1.807, 2.05) is 6.92 Å². The second-order valence-electron chi connectivity index (χ2n) is 6.77. The van der Waals surface area contributed by atoms with E-state index in [1.54, 1.807) is 24.3 Å². The van der Waals surface area contributed by atoms with Crippen molar-refractivity contribution in [2.75, 3.05) is 19.8 Å². The fraction of sp³-hybridized carbons (Fsp3) is 0.238. The van der Waals surface area contributed by atoms with Crippen LogP contribution >= 0.6 is 0 Å². The van der Waals surface area contributed by atoms with Crippen molar-refractivity contribution in [1.82, 2.24) is 10.3 Å². The Balaban J connectivity index is 2.06. The zero-order chi connectivity index (χ0) is 20.7. The molecule has 0 fully saturated rings. The molecule has 0 unspecified atom stereocenters. The van der Waals surface area contributed by atoms with Crippen molar-refractivity contribution in [3.8, 4) is 5.88 Å². The van der Waals surface area contributed by atoms with Crippen molar-refractivity contribution in [1.29, 1.82) is 5.41 Å². The summed E-state index contributed by atoms with van der Waals surface area (Å²) in [7, 11) is 0. The van der Waals surface area contributed by atoms with Gasteiger partial charge in [-0.15, -0.1) is 0 Å². The molecule has 0 radical (unpaired) electrons. The summed E-state index contributed by atoms with van der Waals surface area (Å²) in [6.45, 7) is 3.30. The third-order valence-corrected chi connectivity index (χ3v) is 5.03. The van der Waals surface area contributed by atoms with Crippen molar-refractivity contribution in [3.05, 3.63) is 45.4 Å². The number of ether oxygens (including phenoxy) is 1. The van der Waals surface area contributed by atoms with Crippen LogP contribution < -0.4 is 16.1 Å². The van der Waals surface area contributed by atoms with Gasteiger partial charge in [0.05, 0.1) is 11.1 Å². The van der Waals surface area contributed by atoms with Crippen molar-refractivity contribution in [3.63, 3.8) is 0 Å². The first-order chi connectivity index (χ1) is 14.0. The van der Waals surface area contributed by atoms with Crippen LogP contribution in [0.3, 0.4) is 0 Å². The monoisotopic (exact) mass is 393 g/mol.